The van der Waals surface area contributed by atoms with Gasteiger partial charge in [0.25, 0.3) is 0 Å². The minimum atomic E-state index is -0.593. The molecule has 8 heteroatoms. The lowest BCUT2D eigenvalue weighted by atomic mass is 10.0. The molecule has 0 bridgehead atoms. The monoisotopic (exact) mass is 542 g/mol. The first-order valence-electron chi connectivity index (χ1n) is 9.76. The molecule has 3 aromatic carbocycles. The standard InChI is InChI=1S/C25H13BrCl2O5/c26-15-2-6-22-14(7-15)8-20(25(30)33-22)19-11-24(29)32-23-10-17(4-5-18(19)23)31-12-13-1-3-16(27)9-21(13)28/h1-11H,12H2. The van der Waals surface area contributed by atoms with E-state index in [2.05, 4.69) is 15.9 Å². The molecule has 0 spiro atoms. The number of fused-ring (bicyclic) bond motifs is 2. The van der Waals surface area contributed by atoms with E-state index in [1.165, 1.54) is 6.07 Å². The summed E-state index contributed by atoms with van der Waals surface area (Å²) >= 11 is 15.5. The second kappa shape index (κ2) is 8.71. The van der Waals surface area contributed by atoms with Crippen molar-refractivity contribution in [3.63, 3.8) is 0 Å². The van der Waals surface area contributed by atoms with Crippen LogP contribution in [-0.2, 0) is 6.61 Å². The number of benzene rings is 3. The van der Waals surface area contributed by atoms with E-state index in [0.29, 0.717) is 32.3 Å². The maximum atomic E-state index is 12.7. The fourth-order valence-electron chi connectivity index (χ4n) is 3.54. The number of halogens is 3. The smallest absolute Gasteiger partial charge is 0.344 e. The van der Waals surface area contributed by atoms with Crippen molar-refractivity contribution >= 4 is 61.1 Å². The number of rotatable bonds is 4. The van der Waals surface area contributed by atoms with E-state index in [-0.39, 0.29) is 17.8 Å². The summed E-state index contributed by atoms with van der Waals surface area (Å²) in [6.45, 7) is 0.203. The molecule has 0 radical (unpaired) electrons. The topological polar surface area (TPSA) is 69.7 Å². The molecule has 2 aromatic heterocycles. The van der Waals surface area contributed by atoms with Crippen molar-refractivity contribution in [1.29, 1.82) is 0 Å². The highest BCUT2D eigenvalue weighted by atomic mass is 79.9. The van der Waals surface area contributed by atoms with Crippen LogP contribution in [-0.4, -0.2) is 0 Å². The van der Waals surface area contributed by atoms with Crippen LogP contribution < -0.4 is 16.0 Å². The Morgan fingerprint density at radius 1 is 0.818 bits per heavy atom. The van der Waals surface area contributed by atoms with Crippen LogP contribution in [0.5, 0.6) is 5.75 Å². The summed E-state index contributed by atoms with van der Waals surface area (Å²) in [5.41, 5.74) is 1.04. The highest BCUT2D eigenvalue weighted by molar-refractivity contribution is 9.10. The van der Waals surface area contributed by atoms with Crippen LogP contribution in [0, 0.1) is 0 Å². The molecule has 0 fully saturated rings. The van der Waals surface area contributed by atoms with E-state index >= 15 is 0 Å². The quantitative estimate of drug-likeness (QED) is 0.224. The molecule has 0 aliphatic carbocycles. The third-order valence-corrected chi connectivity index (χ3v) is 6.19. The van der Waals surface area contributed by atoms with Gasteiger partial charge in [0.15, 0.2) is 0 Å². The summed E-state index contributed by atoms with van der Waals surface area (Å²) in [5.74, 6) is 0.475. The summed E-state index contributed by atoms with van der Waals surface area (Å²) in [6.07, 6.45) is 0. The Morgan fingerprint density at radius 3 is 2.48 bits per heavy atom. The van der Waals surface area contributed by atoms with Gasteiger partial charge in [-0.3, -0.25) is 0 Å². The molecule has 5 aromatic rings. The highest BCUT2D eigenvalue weighted by Gasteiger charge is 2.15. The van der Waals surface area contributed by atoms with Gasteiger partial charge in [0.2, 0.25) is 0 Å². The van der Waals surface area contributed by atoms with Gasteiger partial charge >= 0.3 is 11.3 Å². The third kappa shape index (κ3) is 4.42. The van der Waals surface area contributed by atoms with E-state index in [1.807, 2.05) is 6.07 Å². The molecule has 0 atom stereocenters. The van der Waals surface area contributed by atoms with E-state index in [4.69, 9.17) is 36.8 Å². The number of ether oxygens (including phenoxy) is 1. The molecule has 0 unspecified atom stereocenters. The Hall–Kier alpha value is -3.06. The molecule has 0 aliphatic rings. The summed E-state index contributed by atoms with van der Waals surface area (Å²) in [6, 6.07) is 18.5. The first-order chi connectivity index (χ1) is 15.9. The van der Waals surface area contributed by atoms with Crippen LogP contribution in [0.4, 0.5) is 0 Å². The summed E-state index contributed by atoms with van der Waals surface area (Å²) < 4.78 is 17.5. The van der Waals surface area contributed by atoms with Crippen molar-refractivity contribution < 1.29 is 13.6 Å². The molecule has 0 N–H and O–H groups in total. The fraction of sp³-hybridized carbons (Fsp3) is 0.0400. The van der Waals surface area contributed by atoms with E-state index < -0.39 is 11.3 Å². The number of hydrogen-bond acceptors (Lipinski definition) is 5. The molecule has 5 nitrogen and oxygen atoms in total. The van der Waals surface area contributed by atoms with Crippen LogP contribution in [0.3, 0.4) is 0 Å². The predicted octanol–water partition coefficient (Wildman–Crippen LogP) is 7.21. The first kappa shape index (κ1) is 21.8. The minimum Gasteiger partial charge on any atom is -0.489 e. The van der Waals surface area contributed by atoms with Gasteiger partial charge < -0.3 is 13.6 Å². The maximum absolute atomic E-state index is 12.7. The molecule has 0 saturated heterocycles. The lowest BCUT2D eigenvalue weighted by molar-refractivity contribution is 0.306. The summed E-state index contributed by atoms with van der Waals surface area (Å²) in [5, 5.41) is 2.33. The Balaban J connectivity index is 1.56. The molecule has 33 heavy (non-hydrogen) atoms. The van der Waals surface area contributed by atoms with Gasteiger partial charge in [0.1, 0.15) is 23.5 Å². The molecule has 2 heterocycles. The molecule has 164 valence electrons. The second-order valence-corrected chi connectivity index (χ2v) is 9.05. The highest BCUT2D eigenvalue weighted by Crippen LogP contribution is 2.31. The second-order valence-electron chi connectivity index (χ2n) is 7.29. The zero-order valence-corrected chi connectivity index (χ0v) is 19.8. The molecule has 5 rings (SSSR count). The van der Waals surface area contributed by atoms with Gasteiger partial charge in [0, 0.05) is 48.6 Å². The largest absolute Gasteiger partial charge is 0.489 e. The van der Waals surface area contributed by atoms with Crippen LogP contribution in [0.25, 0.3) is 33.1 Å². The lowest BCUT2D eigenvalue weighted by Crippen LogP contribution is -2.06. The average molecular weight is 544 g/mol. The van der Waals surface area contributed by atoms with Crippen LogP contribution >= 0.6 is 39.1 Å². The van der Waals surface area contributed by atoms with Crippen molar-refractivity contribution in [3.05, 3.63) is 108 Å². The zero-order chi connectivity index (χ0) is 23.1. The van der Waals surface area contributed by atoms with Gasteiger partial charge in [-0.2, -0.15) is 0 Å². The average Bonchev–Trinajstić information content (AvgIpc) is 2.77. The fourth-order valence-corrected chi connectivity index (χ4v) is 4.38. The molecule has 0 aliphatic heterocycles. The van der Waals surface area contributed by atoms with Gasteiger partial charge in [-0.25, -0.2) is 9.59 Å². The number of hydrogen-bond donors (Lipinski definition) is 0. The van der Waals surface area contributed by atoms with Gasteiger partial charge in [-0.05, 0) is 48.5 Å². The van der Waals surface area contributed by atoms with Crippen molar-refractivity contribution in [3.8, 4) is 16.9 Å². The minimum absolute atomic E-state index is 0.203. The Labute approximate surface area is 205 Å². The van der Waals surface area contributed by atoms with E-state index in [9.17, 15) is 9.59 Å². The Morgan fingerprint density at radius 2 is 1.67 bits per heavy atom. The lowest BCUT2D eigenvalue weighted by Gasteiger charge is -2.10. The van der Waals surface area contributed by atoms with Crippen molar-refractivity contribution in [2.45, 2.75) is 6.61 Å². The van der Waals surface area contributed by atoms with E-state index in [1.54, 1.807) is 54.6 Å². The zero-order valence-electron chi connectivity index (χ0n) is 16.7. The van der Waals surface area contributed by atoms with Crippen LogP contribution in [0.2, 0.25) is 10.0 Å². The van der Waals surface area contributed by atoms with Gasteiger partial charge in [0.05, 0.1) is 5.56 Å². The molecular weight excluding hydrogens is 531 g/mol. The molecular formula is C25H13BrCl2O5. The summed E-state index contributed by atoms with van der Waals surface area (Å²) in [7, 11) is 0. The normalized spacial score (nSPS) is 11.2. The molecule has 0 saturated carbocycles. The summed E-state index contributed by atoms with van der Waals surface area (Å²) in [4.78, 5) is 25.0. The SMILES string of the molecule is O=c1cc(-c2cc3cc(Br)ccc3oc2=O)c2ccc(OCc3ccc(Cl)cc3Cl)cc2o1. The molecule has 0 amide bonds. The van der Waals surface area contributed by atoms with Gasteiger partial charge in [-0.15, -0.1) is 0 Å². The van der Waals surface area contributed by atoms with Crippen LogP contribution in [0.15, 0.2) is 89.6 Å². The Kier molecular flexibility index (Phi) is 5.74. The van der Waals surface area contributed by atoms with Crippen molar-refractivity contribution in [2.75, 3.05) is 0 Å². The first-order valence-corrected chi connectivity index (χ1v) is 11.3. The van der Waals surface area contributed by atoms with Gasteiger partial charge in [-0.1, -0.05) is 45.2 Å². The van der Waals surface area contributed by atoms with E-state index in [0.717, 1.165) is 15.4 Å². The Bertz CT molecular complexity index is 1660. The van der Waals surface area contributed by atoms with Crippen LogP contribution in [0.1, 0.15) is 5.56 Å². The third-order valence-electron chi connectivity index (χ3n) is 5.11. The van der Waals surface area contributed by atoms with Crippen molar-refractivity contribution in [1.82, 2.24) is 0 Å². The predicted molar refractivity (Wildman–Crippen MR) is 132 cm³/mol. The van der Waals surface area contributed by atoms with Crippen molar-refractivity contribution in [2.24, 2.45) is 0 Å². The maximum Gasteiger partial charge on any atom is 0.344 e.